The first-order valence-electron chi connectivity index (χ1n) is 6.18. The summed E-state index contributed by atoms with van der Waals surface area (Å²) in [6.45, 7) is 3.06. The molecule has 0 bridgehead atoms. The number of Topliss-reactive ketones (excluding diaryl/α,β-unsaturated/α-hetero) is 1. The van der Waals surface area contributed by atoms with Crippen LogP contribution in [0.4, 0.5) is 52.7 Å². The van der Waals surface area contributed by atoms with Crippen LogP contribution in [-0.4, -0.2) is 74.8 Å². The van der Waals surface area contributed by atoms with Crippen molar-refractivity contribution in [2.75, 3.05) is 0 Å². The molecule has 0 heterocycles. The summed E-state index contributed by atoms with van der Waals surface area (Å²) in [6.07, 6.45) is -20.3. The van der Waals surface area contributed by atoms with Gasteiger partial charge >= 0.3 is 87.5 Å². The number of aliphatic carboxylic acids is 4. The number of alkyl halides is 12. The summed E-state index contributed by atoms with van der Waals surface area (Å²) in [4.78, 5) is 45.0. The molecule has 206 valence electrons. The predicted molar refractivity (Wildman–Crippen MR) is 71.1 cm³/mol. The molecule has 23 heteroatoms. The van der Waals surface area contributed by atoms with Crippen LogP contribution >= 0.6 is 0 Å². The van der Waals surface area contributed by atoms with E-state index in [2.05, 4.69) is 0 Å². The normalized spacial score (nSPS) is 10.1. The van der Waals surface area contributed by atoms with E-state index in [9.17, 15) is 57.5 Å². The molecule has 34 heavy (non-hydrogen) atoms. The number of ketones is 1. The summed E-state index contributed by atoms with van der Waals surface area (Å²) in [6, 6.07) is 0. The number of halogens is 12. The molecule has 4 N–H and O–H groups in total. The molecule has 0 aromatic heterocycles. The number of rotatable bonds is 0. The first kappa shape index (κ1) is 49.2. The number of carboxylic acid groups (broad SMARTS) is 4. The van der Waals surface area contributed by atoms with Gasteiger partial charge in [0.25, 0.3) is 0 Å². The summed E-state index contributed by atoms with van der Waals surface area (Å²) in [5, 5.41) is 28.5. The molecular weight excluding hydrogens is 710 g/mol. The van der Waals surface area contributed by atoms with Crippen molar-refractivity contribution >= 4 is 29.7 Å². The summed E-state index contributed by atoms with van der Waals surface area (Å²) < 4.78 is 127. The van der Waals surface area contributed by atoms with Crippen molar-refractivity contribution in [3.63, 3.8) is 0 Å². The van der Waals surface area contributed by atoms with E-state index in [0.29, 0.717) is 0 Å². The quantitative estimate of drug-likeness (QED) is 0.217. The molecule has 0 spiro atoms. The van der Waals surface area contributed by atoms with E-state index < -0.39 is 48.6 Å². The average molecular weight is 720 g/mol. The van der Waals surface area contributed by atoms with E-state index in [1.54, 1.807) is 0 Å². The van der Waals surface area contributed by atoms with Crippen LogP contribution < -0.4 is 0 Å². The number of carbonyl (C=O) groups is 5. The Labute approximate surface area is 204 Å². The molecule has 0 aromatic rings. The van der Waals surface area contributed by atoms with E-state index in [1.807, 2.05) is 0 Å². The van der Waals surface area contributed by atoms with Gasteiger partial charge in [0.15, 0.2) is 0 Å². The zero-order chi connectivity index (χ0) is 27.9. The molecule has 0 saturated carbocycles. The molecule has 0 amide bonds. The van der Waals surface area contributed by atoms with E-state index in [1.165, 1.54) is 13.8 Å². The van der Waals surface area contributed by atoms with Crippen LogP contribution in [0.2, 0.25) is 0 Å². The third kappa shape index (κ3) is 52.1. The number of hydrogen-bond donors (Lipinski definition) is 4. The first-order valence-corrected chi connectivity index (χ1v) is 6.18. The Morgan fingerprint density at radius 2 is 0.441 bits per heavy atom. The van der Waals surface area contributed by atoms with Crippen LogP contribution in [0.3, 0.4) is 0 Å². The summed E-state index contributed by atoms with van der Waals surface area (Å²) >= 11 is 0. The van der Waals surface area contributed by atoms with Crippen molar-refractivity contribution in [2.24, 2.45) is 0 Å². The van der Waals surface area contributed by atoms with Crippen LogP contribution in [0, 0.1) is 0 Å². The minimum Gasteiger partial charge on any atom is -0.475 e. The Balaban J connectivity index is -0.0000000534. The topological polar surface area (TPSA) is 166 Å². The zero-order valence-electron chi connectivity index (χ0n) is 15.5. The van der Waals surface area contributed by atoms with Gasteiger partial charge in [-0.15, -0.1) is 0 Å². The van der Waals surface area contributed by atoms with Gasteiger partial charge in [-0.3, -0.25) is 0 Å². The van der Waals surface area contributed by atoms with Crippen LogP contribution in [0.25, 0.3) is 0 Å². The number of carbonyl (C=O) groups excluding carboxylic acids is 1. The maximum atomic E-state index is 10.6. The summed E-state index contributed by atoms with van der Waals surface area (Å²) in [5.74, 6) is -10.9. The van der Waals surface area contributed by atoms with Crippen LogP contribution in [-0.2, 0) is 62.9 Å². The van der Waals surface area contributed by atoms with Gasteiger partial charge < -0.3 is 25.2 Å². The van der Waals surface area contributed by atoms with Crippen LogP contribution in [0.15, 0.2) is 0 Å². The van der Waals surface area contributed by atoms with Crippen molar-refractivity contribution in [1.82, 2.24) is 0 Å². The molecule has 0 aliphatic heterocycles. The minimum atomic E-state index is -5.08. The smallest absolute Gasteiger partial charge is 0.475 e. The summed E-state index contributed by atoms with van der Waals surface area (Å²) in [5.41, 5.74) is 0. The number of carboxylic acids is 4. The molecule has 0 atom stereocenters. The Bertz CT molecular complexity index is 525. The van der Waals surface area contributed by atoms with Crippen molar-refractivity contribution in [3.8, 4) is 0 Å². The van der Waals surface area contributed by atoms with Crippen LogP contribution in [0.5, 0.6) is 0 Å². The van der Waals surface area contributed by atoms with Gasteiger partial charge in [0, 0.05) is 0 Å². The summed E-state index contributed by atoms with van der Waals surface area (Å²) in [7, 11) is 0. The minimum absolute atomic E-state index is 0. The molecule has 0 fully saturated rings. The Hall–Kier alpha value is -2.04. The number of hydrogen-bond acceptors (Lipinski definition) is 5. The van der Waals surface area contributed by atoms with Gasteiger partial charge in [-0.2, -0.15) is 52.7 Å². The molecule has 0 rings (SSSR count). The first-order chi connectivity index (χ1) is 13.5. The molecule has 2 radical (unpaired) electrons. The Morgan fingerprint density at radius 1 is 0.412 bits per heavy atom. The van der Waals surface area contributed by atoms with Crippen molar-refractivity contribution < 1.29 is 136 Å². The Kier molecular flexibility index (Phi) is 29.4. The predicted octanol–water partition coefficient (Wildman–Crippen LogP) is 3.12. The Morgan fingerprint density at radius 3 is 0.441 bits per heavy atom. The molecule has 0 saturated heterocycles. The monoisotopic (exact) mass is 720 g/mol. The molecule has 0 aromatic carbocycles. The third-order valence-electron chi connectivity index (χ3n) is 0.970. The third-order valence-corrected chi connectivity index (χ3v) is 0.970. The molecule has 0 unspecified atom stereocenters. The fourth-order valence-electron chi connectivity index (χ4n) is 0. The molecule has 0 aliphatic rings. The van der Waals surface area contributed by atoms with Crippen molar-refractivity contribution in [2.45, 2.75) is 38.6 Å². The SMILES string of the molecule is CC(C)=O.O=C(O)C(F)(F)F.O=C(O)C(F)(F)F.O=C(O)C(F)(F)F.O=C(O)C(F)(F)F.[Rh+2].[Rh+2]. The maximum absolute atomic E-state index is 10.6. The maximum Gasteiger partial charge on any atom is 2.00 e. The molecular formula is C11H10F12O9Rh2+4. The van der Waals surface area contributed by atoms with Gasteiger partial charge in [-0.1, -0.05) is 0 Å². The van der Waals surface area contributed by atoms with Gasteiger partial charge in [0.1, 0.15) is 5.78 Å². The van der Waals surface area contributed by atoms with E-state index >= 15 is 0 Å². The molecule has 0 aliphatic carbocycles. The largest absolute Gasteiger partial charge is 2.00 e. The van der Waals surface area contributed by atoms with Gasteiger partial charge in [-0.05, 0) is 13.8 Å². The van der Waals surface area contributed by atoms with E-state index in [4.69, 9.17) is 39.6 Å². The van der Waals surface area contributed by atoms with Gasteiger partial charge in [-0.25, -0.2) is 19.2 Å². The second-order valence-electron chi connectivity index (χ2n) is 4.12. The van der Waals surface area contributed by atoms with Gasteiger partial charge in [0.05, 0.1) is 0 Å². The van der Waals surface area contributed by atoms with E-state index in [0.717, 1.165) is 0 Å². The second-order valence-corrected chi connectivity index (χ2v) is 4.12. The average Bonchev–Trinajstić information content (AvgIpc) is 2.44. The van der Waals surface area contributed by atoms with Crippen molar-refractivity contribution in [1.29, 1.82) is 0 Å². The fourth-order valence-corrected chi connectivity index (χ4v) is 0. The fraction of sp³-hybridized carbons (Fsp3) is 0.545. The standard InChI is InChI=1S/C3H6O.4C2HF3O2.2Rh/c1-3(2)4;4*3-2(4,5)1(6)7;;/h1-2H3;4*(H,6,7);;/q;;;;;2*+2. The zero-order valence-corrected chi connectivity index (χ0v) is 18.8. The van der Waals surface area contributed by atoms with Crippen molar-refractivity contribution in [3.05, 3.63) is 0 Å². The van der Waals surface area contributed by atoms with E-state index in [-0.39, 0.29) is 44.7 Å². The second kappa shape index (κ2) is 20.3. The van der Waals surface area contributed by atoms with Crippen LogP contribution in [0.1, 0.15) is 13.8 Å². The van der Waals surface area contributed by atoms with Gasteiger partial charge in [0.2, 0.25) is 0 Å². The molecule has 9 nitrogen and oxygen atoms in total.